The van der Waals surface area contributed by atoms with Crippen LogP contribution in [0.1, 0.15) is 13.3 Å². The number of alkyl halides is 2. The van der Waals surface area contributed by atoms with Gasteiger partial charge >= 0.3 is 0 Å². The van der Waals surface area contributed by atoms with Crippen molar-refractivity contribution in [1.82, 2.24) is 4.90 Å². The van der Waals surface area contributed by atoms with Crippen LogP contribution in [0.15, 0.2) is 0 Å². The summed E-state index contributed by atoms with van der Waals surface area (Å²) in [6, 6.07) is 0. The van der Waals surface area contributed by atoms with Gasteiger partial charge in [0.1, 0.15) is 12.2 Å². The second-order valence-electron chi connectivity index (χ2n) is 3.71. The maximum atomic E-state index is 13.3. The molecule has 0 aliphatic carbocycles. The zero-order valence-electron chi connectivity index (χ0n) is 8.74. The number of nitrogens with zero attached hydrogens (tertiary/aromatic N) is 1. The Morgan fingerprint density at radius 2 is 2.27 bits per heavy atom. The fourth-order valence-electron chi connectivity index (χ4n) is 1.66. The van der Waals surface area contributed by atoms with E-state index in [4.69, 9.17) is 5.11 Å². The van der Waals surface area contributed by atoms with Crippen molar-refractivity contribution in [2.45, 2.75) is 31.5 Å². The molecule has 1 fully saturated rings. The van der Waals surface area contributed by atoms with Crippen LogP contribution in [0.3, 0.4) is 0 Å². The van der Waals surface area contributed by atoms with E-state index in [2.05, 4.69) is 4.74 Å². The molecule has 0 aromatic rings. The predicted octanol–water partition coefficient (Wildman–Crippen LogP) is 0.250. The normalized spacial score (nSPS) is 27.5. The summed E-state index contributed by atoms with van der Waals surface area (Å²) in [5.74, 6) is -3.71. The smallest absolute Gasteiger partial charge is 0.290 e. The Kier molecular flexibility index (Phi) is 3.62. The van der Waals surface area contributed by atoms with Crippen LogP contribution in [-0.4, -0.2) is 54.2 Å². The largest absolute Gasteiger partial charge is 0.384 e. The van der Waals surface area contributed by atoms with Crippen LogP contribution in [0.4, 0.5) is 8.78 Å². The van der Waals surface area contributed by atoms with Gasteiger partial charge in [0.05, 0.1) is 6.54 Å². The summed E-state index contributed by atoms with van der Waals surface area (Å²) in [6.45, 7) is 0.774. The van der Waals surface area contributed by atoms with E-state index in [-0.39, 0.29) is 13.0 Å². The van der Waals surface area contributed by atoms with Crippen molar-refractivity contribution < 1.29 is 23.4 Å². The van der Waals surface area contributed by atoms with E-state index in [0.29, 0.717) is 0 Å². The second kappa shape index (κ2) is 4.40. The van der Waals surface area contributed by atoms with Crippen LogP contribution in [0.25, 0.3) is 0 Å². The molecular formula is C9H15F2NO3. The molecule has 1 saturated heterocycles. The zero-order valence-corrected chi connectivity index (χ0v) is 8.74. The fourth-order valence-corrected chi connectivity index (χ4v) is 1.66. The first-order valence-electron chi connectivity index (χ1n) is 4.76. The Morgan fingerprint density at radius 3 is 2.67 bits per heavy atom. The van der Waals surface area contributed by atoms with Crippen molar-refractivity contribution in [3.63, 3.8) is 0 Å². The first-order valence-corrected chi connectivity index (χ1v) is 4.76. The Bertz CT molecular complexity index is 246. The highest BCUT2D eigenvalue weighted by molar-refractivity contribution is 5.80. The molecule has 15 heavy (non-hydrogen) atoms. The van der Waals surface area contributed by atoms with Gasteiger partial charge in [-0.25, -0.2) is 8.78 Å². The number of hydrogen-bond acceptors (Lipinski definition) is 3. The molecule has 0 bridgehead atoms. The lowest BCUT2D eigenvalue weighted by molar-refractivity contribution is -0.176. The molecule has 6 heteroatoms. The minimum absolute atomic E-state index is 0.0853. The summed E-state index contributed by atoms with van der Waals surface area (Å²) >= 11 is 0. The number of ether oxygens (including phenoxy) is 1. The number of hydrogen-bond donors (Lipinski definition) is 1. The molecule has 1 N–H and O–H groups in total. The molecule has 1 heterocycles. The van der Waals surface area contributed by atoms with Gasteiger partial charge in [-0.1, -0.05) is 0 Å². The second-order valence-corrected chi connectivity index (χ2v) is 3.71. The number of aliphatic hydroxyl groups excluding tert-OH is 1. The van der Waals surface area contributed by atoms with Crippen molar-refractivity contribution in [1.29, 1.82) is 0 Å². The lowest BCUT2D eigenvalue weighted by Crippen LogP contribution is -2.55. The summed E-state index contributed by atoms with van der Waals surface area (Å²) in [4.78, 5) is 12.3. The number of aliphatic hydroxyl groups is 1. The van der Waals surface area contributed by atoms with E-state index >= 15 is 0 Å². The first kappa shape index (κ1) is 12.3. The number of likely N-dealkylation sites (tertiary alicyclic amines) is 1. The van der Waals surface area contributed by atoms with Gasteiger partial charge in [-0.2, -0.15) is 0 Å². The molecule has 1 aliphatic heterocycles. The van der Waals surface area contributed by atoms with Gasteiger partial charge in [-0.3, -0.25) is 4.79 Å². The van der Waals surface area contributed by atoms with E-state index < -0.39 is 30.6 Å². The van der Waals surface area contributed by atoms with E-state index in [1.807, 2.05) is 0 Å². The molecule has 88 valence electrons. The quantitative estimate of drug-likeness (QED) is 0.730. The molecule has 0 aromatic heterocycles. The number of carbonyl (C=O) groups is 1. The molecule has 1 rings (SSSR count). The third-order valence-electron chi connectivity index (χ3n) is 2.49. The van der Waals surface area contributed by atoms with E-state index in [0.717, 1.165) is 4.90 Å². The standard InChI is InChI=1S/C9H15F2NO3/c1-6(13)8(14)12-4-3-7(15-2)9(10,11)5-12/h6-7,13H,3-5H2,1-2H3/t6-,7?/m1/s1. The van der Waals surface area contributed by atoms with Crippen LogP contribution in [0.2, 0.25) is 0 Å². The Morgan fingerprint density at radius 1 is 1.67 bits per heavy atom. The molecule has 1 unspecified atom stereocenters. The maximum absolute atomic E-state index is 13.3. The highest BCUT2D eigenvalue weighted by atomic mass is 19.3. The van der Waals surface area contributed by atoms with Gasteiger partial charge in [-0.05, 0) is 13.3 Å². The van der Waals surface area contributed by atoms with Crippen LogP contribution >= 0.6 is 0 Å². The Balaban J connectivity index is 2.66. The van der Waals surface area contributed by atoms with Gasteiger partial charge in [0, 0.05) is 13.7 Å². The van der Waals surface area contributed by atoms with Crippen molar-refractivity contribution in [3.05, 3.63) is 0 Å². The number of piperidine rings is 1. The number of methoxy groups -OCH3 is 1. The van der Waals surface area contributed by atoms with Gasteiger partial charge in [0.25, 0.3) is 11.8 Å². The van der Waals surface area contributed by atoms with E-state index in [1.165, 1.54) is 14.0 Å². The fraction of sp³-hybridized carbons (Fsp3) is 0.889. The van der Waals surface area contributed by atoms with Crippen molar-refractivity contribution in [2.24, 2.45) is 0 Å². The molecule has 0 aromatic carbocycles. The van der Waals surface area contributed by atoms with E-state index in [9.17, 15) is 13.6 Å². The summed E-state index contributed by atoms with van der Waals surface area (Å²) in [5.41, 5.74) is 0. The van der Waals surface area contributed by atoms with Gasteiger partial charge in [0.2, 0.25) is 0 Å². The predicted molar refractivity (Wildman–Crippen MR) is 48.6 cm³/mol. The molecule has 1 amide bonds. The third-order valence-corrected chi connectivity index (χ3v) is 2.49. The number of amides is 1. The van der Waals surface area contributed by atoms with E-state index in [1.54, 1.807) is 0 Å². The average Bonchev–Trinajstić information content (AvgIpc) is 2.15. The Hall–Kier alpha value is -0.750. The third kappa shape index (κ3) is 2.63. The Labute approximate surface area is 86.8 Å². The maximum Gasteiger partial charge on any atom is 0.290 e. The molecule has 0 spiro atoms. The average molecular weight is 223 g/mol. The molecule has 0 radical (unpaired) electrons. The lowest BCUT2D eigenvalue weighted by atomic mass is 10.0. The molecule has 1 aliphatic rings. The number of halogens is 2. The van der Waals surface area contributed by atoms with Crippen LogP contribution in [-0.2, 0) is 9.53 Å². The molecular weight excluding hydrogens is 208 g/mol. The topological polar surface area (TPSA) is 49.8 Å². The van der Waals surface area contributed by atoms with Crippen molar-refractivity contribution in [3.8, 4) is 0 Å². The first-order chi connectivity index (χ1) is 6.88. The molecule has 0 saturated carbocycles. The van der Waals surface area contributed by atoms with Crippen molar-refractivity contribution in [2.75, 3.05) is 20.2 Å². The summed E-state index contributed by atoms with van der Waals surface area (Å²) in [7, 11) is 1.23. The lowest BCUT2D eigenvalue weighted by Gasteiger charge is -2.37. The number of rotatable bonds is 2. The summed E-state index contributed by atoms with van der Waals surface area (Å²) in [5, 5.41) is 9.00. The molecule has 2 atom stereocenters. The molecule has 4 nitrogen and oxygen atoms in total. The summed E-state index contributed by atoms with van der Waals surface area (Å²) < 4.78 is 31.3. The van der Waals surface area contributed by atoms with Gasteiger partial charge < -0.3 is 14.7 Å². The zero-order chi connectivity index (χ0) is 11.6. The summed E-state index contributed by atoms with van der Waals surface area (Å²) in [6.07, 6.45) is -2.29. The van der Waals surface area contributed by atoms with Gasteiger partial charge in [-0.15, -0.1) is 0 Å². The minimum atomic E-state index is -3.04. The highest BCUT2D eigenvalue weighted by Crippen LogP contribution is 2.29. The SMILES string of the molecule is COC1CCN(C(=O)[C@@H](C)O)CC1(F)F. The monoisotopic (exact) mass is 223 g/mol. The van der Waals surface area contributed by atoms with Crippen LogP contribution in [0.5, 0.6) is 0 Å². The highest BCUT2D eigenvalue weighted by Gasteiger charge is 2.46. The van der Waals surface area contributed by atoms with Crippen LogP contribution < -0.4 is 0 Å². The minimum Gasteiger partial charge on any atom is -0.384 e. The van der Waals surface area contributed by atoms with Crippen LogP contribution in [0, 0.1) is 0 Å². The van der Waals surface area contributed by atoms with Gasteiger partial charge in [0.15, 0.2) is 0 Å². The number of carbonyl (C=O) groups excluding carboxylic acids is 1. The van der Waals surface area contributed by atoms with Crippen molar-refractivity contribution >= 4 is 5.91 Å².